The van der Waals surface area contributed by atoms with Crippen molar-refractivity contribution in [3.63, 3.8) is 0 Å². The lowest BCUT2D eigenvalue weighted by atomic mass is 10.0. The Kier molecular flexibility index (Phi) is 2.88. The molecule has 3 N–H and O–H groups in total. The summed E-state index contributed by atoms with van der Waals surface area (Å²) < 4.78 is 0. The van der Waals surface area contributed by atoms with Crippen LogP contribution in [0.3, 0.4) is 0 Å². The number of anilines is 1. The van der Waals surface area contributed by atoms with Crippen LogP contribution in [0.2, 0.25) is 0 Å². The molecule has 0 radical (unpaired) electrons. The molecule has 0 aliphatic carbocycles. The van der Waals surface area contributed by atoms with Gasteiger partial charge in [0, 0.05) is 36.9 Å². The highest BCUT2D eigenvalue weighted by Crippen LogP contribution is 2.33. The van der Waals surface area contributed by atoms with Crippen LogP contribution in [0.15, 0.2) is 12.4 Å². The topological polar surface area (TPSA) is 81.7 Å². The number of nitrogens with one attached hydrogen (secondary N) is 1. The van der Waals surface area contributed by atoms with E-state index >= 15 is 0 Å². The molecule has 0 atom stereocenters. The molecule has 0 bridgehead atoms. The molecular weight excluding hydrogens is 238 g/mol. The van der Waals surface area contributed by atoms with Crippen LogP contribution in [0.25, 0.3) is 11.0 Å². The highest BCUT2D eigenvalue weighted by molar-refractivity contribution is 5.95. The van der Waals surface area contributed by atoms with Crippen LogP contribution in [0.4, 0.5) is 5.69 Å². The van der Waals surface area contributed by atoms with E-state index in [1.807, 2.05) is 13.1 Å². The zero-order chi connectivity index (χ0) is 13.4. The molecule has 5 heteroatoms. The monoisotopic (exact) mass is 255 g/mol. The van der Waals surface area contributed by atoms with Crippen LogP contribution < -0.4 is 10.6 Å². The zero-order valence-electron chi connectivity index (χ0n) is 11.0. The average Bonchev–Trinajstić information content (AvgIpc) is 2.81. The number of pyridine rings is 1. The molecule has 19 heavy (non-hydrogen) atoms. The van der Waals surface area contributed by atoms with Crippen LogP contribution in [0.5, 0.6) is 0 Å². The summed E-state index contributed by atoms with van der Waals surface area (Å²) >= 11 is 0. The molecule has 5 nitrogen and oxygen atoms in total. The first-order valence-electron chi connectivity index (χ1n) is 6.58. The Labute approximate surface area is 112 Å². The number of rotatable bonds is 1. The minimum atomic E-state index is 0.284. The number of aromatic nitrogens is 2. The quantitative estimate of drug-likeness (QED) is 0.812. The first kappa shape index (κ1) is 12.0. The van der Waals surface area contributed by atoms with Crippen molar-refractivity contribution in [2.24, 2.45) is 5.73 Å². The number of aryl methyl sites for hydroxylation is 1. The summed E-state index contributed by atoms with van der Waals surface area (Å²) in [5, 5.41) is 10.4. The molecule has 3 heterocycles. The predicted molar refractivity (Wildman–Crippen MR) is 75.0 cm³/mol. The van der Waals surface area contributed by atoms with Gasteiger partial charge < -0.3 is 15.6 Å². The third-order valence-electron chi connectivity index (χ3n) is 3.85. The number of hydrogen-bond acceptors (Lipinski definition) is 4. The van der Waals surface area contributed by atoms with Gasteiger partial charge in [0.2, 0.25) is 0 Å². The second kappa shape index (κ2) is 4.56. The van der Waals surface area contributed by atoms with Crippen molar-refractivity contribution in [1.29, 1.82) is 5.26 Å². The van der Waals surface area contributed by atoms with Crippen LogP contribution in [-0.4, -0.2) is 29.1 Å². The minimum Gasteiger partial charge on any atom is -0.370 e. The van der Waals surface area contributed by atoms with Crippen molar-refractivity contribution in [3.8, 4) is 6.07 Å². The lowest BCUT2D eigenvalue weighted by Crippen LogP contribution is -2.40. The molecule has 0 spiro atoms. The molecule has 2 aromatic heterocycles. The van der Waals surface area contributed by atoms with Gasteiger partial charge in [-0.1, -0.05) is 0 Å². The summed E-state index contributed by atoms with van der Waals surface area (Å²) in [4.78, 5) is 9.74. The van der Waals surface area contributed by atoms with Crippen LogP contribution in [0.1, 0.15) is 24.0 Å². The van der Waals surface area contributed by atoms with E-state index in [9.17, 15) is 5.26 Å². The molecule has 0 unspecified atom stereocenters. The normalized spacial score (nSPS) is 16.8. The van der Waals surface area contributed by atoms with Gasteiger partial charge in [-0.15, -0.1) is 0 Å². The van der Waals surface area contributed by atoms with Gasteiger partial charge in [0.05, 0.1) is 11.3 Å². The molecule has 0 amide bonds. The Bertz CT molecular complexity index is 644. The van der Waals surface area contributed by atoms with Crippen LogP contribution >= 0.6 is 0 Å². The Morgan fingerprint density at radius 3 is 2.89 bits per heavy atom. The van der Waals surface area contributed by atoms with Crippen molar-refractivity contribution < 1.29 is 0 Å². The molecule has 1 aliphatic heterocycles. The van der Waals surface area contributed by atoms with Crippen LogP contribution in [-0.2, 0) is 0 Å². The van der Waals surface area contributed by atoms with E-state index in [1.54, 1.807) is 6.20 Å². The van der Waals surface area contributed by atoms with Crippen molar-refractivity contribution in [2.45, 2.75) is 25.8 Å². The number of fused-ring (bicyclic) bond motifs is 1. The van der Waals surface area contributed by atoms with E-state index in [2.05, 4.69) is 20.9 Å². The van der Waals surface area contributed by atoms with Crippen molar-refractivity contribution in [2.75, 3.05) is 18.0 Å². The van der Waals surface area contributed by atoms with E-state index in [0.717, 1.165) is 48.2 Å². The molecule has 0 aromatic carbocycles. The first-order valence-corrected chi connectivity index (χ1v) is 6.58. The summed E-state index contributed by atoms with van der Waals surface area (Å²) in [6.45, 7) is 3.85. The SMILES string of the molecule is Cc1c[nH]c2ncc(C#N)c(N3CCC(N)CC3)c12. The molecule has 1 fully saturated rings. The fourth-order valence-corrected chi connectivity index (χ4v) is 2.77. The van der Waals surface area contributed by atoms with E-state index in [0.29, 0.717) is 5.56 Å². The number of nitriles is 1. The van der Waals surface area contributed by atoms with Gasteiger partial charge in [-0.25, -0.2) is 4.98 Å². The number of nitrogens with zero attached hydrogens (tertiary/aromatic N) is 3. The molecule has 3 rings (SSSR count). The van der Waals surface area contributed by atoms with Gasteiger partial charge in [-0.2, -0.15) is 5.26 Å². The lowest BCUT2D eigenvalue weighted by molar-refractivity contribution is 0.502. The smallest absolute Gasteiger partial charge is 0.139 e. The van der Waals surface area contributed by atoms with Gasteiger partial charge in [0.1, 0.15) is 11.7 Å². The first-order chi connectivity index (χ1) is 9.20. The van der Waals surface area contributed by atoms with Gasteiger partial charge in [-0.05, 0) is 25.3 Å². The van der Waals surface area contributed by atoms with Gasteiger partial charge in [0.15, 0.2) is 0 Å². The molecule has 1 saturated heterocycles. The molecule has 1 aliphatic rings. The second-order valence-corrected chi connectivity index (χ2v) is 5.15. The standard InChI is InChI=1S/C14H17N5/c1-9-7-17-14-12(9)13(10(6-15)8-18-14)19-4-2-11(16)3-5-19/h7-8,11H,2-5,16H2,1H3,(H,17,18). The second-order valence-electron chi connectivity index (χ2n) is 5.15. The summed E-state index contributed by atoms with van der Waals surface area (Å²) in [6, 6.07) is 2.55. The third kappa shape index (κ3) is 1.94. The van der Waals surface area contributed by atoms with Gasteiger partial charge in [-0.3, -0.25) is 0 Å². The van der Waals surface area contributed by atoms with E-state index in [4.69, 9.17) is 5.73 Å². The van der Waals surface area contributed by atoms with E-state index in [1.165, 1.54) is 0 Å². The summed E-state index contributed by atoms with van der Waals surface area (Å²) in [5.41, 5.74) is 9.59. The minimum absolute atomic E-state index is 0.284. The molecule has 0 saturated carbocycles. The fraction of sp³-hybridized carbons (Fsp3) is 0.429. The van der Waals surface area contributed by atoms with Crippen molar-refractivity contribution >= 4 is 16.7 Å². The number of piperidine rings is 1. The number of aromatic amines is 1. The predicted octanol–water partition coefficient (Wildman–Crippen LogP) is 1.67. The Balaban J connectivity index is 2.15. The lowest BCUT2D eigenvalue weighted by Gasteiger charge is -2.33. The maximum Gasteiger partial charge on any atom is 0.139 e. The Morgan fingerprint density at radius 1 is 1.47 bits per heavy atom. The van der Waals surface area contributed by atoms with E-state index < -0.39 is 0 Å². The summed E-state index contributed by atoms with van der Waals surface area (Å²) in [5.74, 6) is 0. The average molecular weight is 255 g/mol. The van der Waals surface area contributed by atoms with Crippen molar-refractivity contribution in [1.82, 2.24) is 9.97 Å². The molecule has 2 aromatic rings. The Hall–Kier alpha value is -2.06. The van der Waals surface area contributed by atoms with Gasteiger partial charge >= 0.3 is 0 Å². The highest BCUT2D eigenvalue weighted by Gasteiger charge is 2.22. The number of nitrogens with two attached hydrogens (primary N) is 1. The zero-order valence-corrected chi connectivity index (χ0v) is 11.0. The highest BCUT2D eigenvalue weighted by atomic mass is 15.1. The maximum atomic E-state index is 9.34. The molecule has 98 valence electrons. The summed E-state index contributed by atoms with van der Waals surface area (Å²) in [6.07, 6.45) is 5.54. The largest absolute Gasteiger partial charge is 0.370 e. The number of H-pyrrole nitrogens is 1. The number of hydrogen-bond donors (Lipinski definition) is 2. The Morgan fingerprint density at radius 2 is 2.21 bits per heavy atom. The fourth-order valence-electron chi connectivity index (χ4n) is 2.77. The third-order valence-corrected chi connectivity index (χ3v) is 3.85. The molecular formula is C14H17N5. The van der Waals surface area contributed by atoms with Crippen LogP contribution in [0, 0.1) is 18.3 Å². The maximum absolute atomic E-state index is 9.34. The van der Waals surface area contributed by atoms with E-state index in [-0.39, 0.29) is 6.04 Å². The summed E-state index contributed by atoms with van der Waals surface area (Å²) in [7, 11) is 0. The van der Waals surface area contributed by atoms with Gasteiger partial charge in [0.25, 0.3) is 0 Å². The van der Waals surface area contributed by atoms with Crippen molar-refractivity contribution in [3.05, 3.63) is 23.5 Å².